The molecule has 3 aromatic carbocycles. The third-order valence-electron chi connectivity index (χ3n) is 8.13. The molecule has 2 aliphatic rings. The second kappa shape index (κ2) is 12.6. The topological polar surface area (TPSA) is 94.7 Å². The van der Waals surface area contributed by atoms with Gasteiger partial charge in [-0.05, 0) is 80.9 Å². The molecule has 0 unspecified atom stereocenters. The van der Waals surface area contributed by atoms with Gasteiger partial charge in [0.2, 0.25) is 0 Å². The molecule has 1 amide bonds. The zero-order valence-electron chi connectivity index (χ0n) is 24.3. The Morgan fingerprint density at radius 1 is 1.02 bits per heavy atom. The van der Waals surface area contributed by atoms with Crippen molar-refractivity contribution in [2.75, 3.05) is 62.0 Å². The molecular formula is C32H36F2N6O3. The Bertz CT molecular complexity index is 1580. The van der Waals surface area contributed by atoms with Crippen LogP contribution in [0.25, 0.3) is 10.9 Å². The van der Waals surface area contributed by atoms with Crippen LogP contribution in [0.2, 0.25) is 0 Å². The Morgan fingerprint density at radius 2 is 1.77 bits per heavy atom. The van der Waals surface area contributed by atoms with Gasteiger partial charge in [0.25, 0.3) is 5.91 Å². The standard InChI is InChI=1S/C32H36F2N6O3/c1-20(21-15-22(33)17-23(34)16-21)43-26-4-6-29-28(19-26)31(38-37-29)36-32(41)27-5-3-25(40-11-9-39(2)10-12-40)18-30(27)35-24-7-13-42-14-8-24/h3-6,15-20,24,35H,7-14H2,1-2H3,(H2,36,37,38,41)/t20-/m1/s1. The van der Waals surface area contributed by atoms with E-state index in [2.05, 4.69) is 43.7 Å². The number of carbonyl (C=O) groups is 1. The molecule has 2 aliphatic heterocycles. The van der Waals surface area contributed by atoms with Crippen molar-refractivity contribution < 1.29 is 23.0 Å². The fraction of sp³-hybridized carbons (Fsp3) is 0.375. The Labute approximate surface area is 249 Å². The molecule has 1 atom stereocenters. The van der Waals surface area contributed by atoms with Gasteiger partial charge in [-0.2, -0.15) is 5.10 Å². The highest BCUT2D eigenvalue weighted by Crippen LogP contribution is 2.31. The zero-order chi connectivity index (χ0) is 29.9. The number of nitrogens with zero attached hydrogens (tertiary/aromatic N) is 3. The molecule has 2 saturated heterocycles. The lowest BCUT2D eigenvalue weighted by molar-refractivity contribution is 0.0904. The lowest BCUT2D eigenvalue weighted by atomic mass is 10.1. The number of hydrogen-bond acceptors (Lipinski definition) is 7. The normalized spacial score (nSPS) is 17.2. The Kier molecular flexibility index (Phi) is 8.44. The van der Waals surface area contributed by atoms with E-state index in [0.29, 0.717) is 46.8 Å². The molecule has 2 fully saturated rings. The van der Waals surface area contributed by atoms with Crippen LogP contribution < -0.4 is 20.3 Å². The van der Waals surface area contributed by atoms with E-state index < -0.39 is 17.7 Å². The van der Waals surface area contributed by atoms with E-state index in [4.69, 9.17) is 9.47 Å². The van der Waals surface area contributed by atoms with Crippen LogP contribution in [0.15, 0.2) is 54.6 Å². The minimum atomic E-state index is -0.664. The van der Waals surface area contributed by atoms with Gasteiger partial charge in [-0.15, -0.1) is 0 Å². The number of aromatic amines is 1. The van der Waals surface area contributed by atoms with Gasteiger partial charge >= 0.3 is 0 Å². The maximum absolute atomic E-state index is 13.7. The monoisotopic (exact) mass is 590 g/mol. The van der Waals surface area contributed by atoms with E-state index >= 15 is 0 Å². The summed E-state index contributed by atoms with van der Waals surface area (Å²) in [6.45, 7) is 6.92. The van der Waals surface area contributed by atoms with Crippen molar-refractivity contribution in [3.8, 4) is 5.75 Å². The van der Waals surface area contributed by atoms with Crippen LogP contribution in [0, 0.1) is 11.6 Å². The maximum Gasteiger partial charge on any atom is 0.258 e. The highest BCUT2D eigenvalue weighted by molar-refractivity contribution is 6.11. The number of piperazine rings is 1. The lowest BCUT2D eigenvalue weighted by Crippen LogP contribution is -2.44. The number of H-pyrrole nitrogens is 1. The first-order valence-electron chi connectivity index (χ1n) is 14.7. The average Bonchev–Trinajstić information content (AvgIpc) is 3.39. The fourth-order valence-electron chi connectivity index (χ4n) is 5.59. The van der Waals surface area contributed by atoms with Crippen LogP contribution in [0.3, 0.4) is 0 Å². The summed E-state index contributed by atoms with van der Waals surface area (Å²) in [4.78, 5) is 18.4. The van der Waals surface area contributed by atoms with E-state index in [9.17, 15) is 13.6 Å². The number of anilines is 3. The third-order valence-corrected chi connectivity index (χ3v) is 8.13. The molecule has 0 radical (unpaired) electrons. The Morgan fingerprint density at radius 3 is 2.51 bits per heavy atom. The number of ether oxygens (including phenoxy) is 2. The second-order valence-corrected chi connectivity index (χ2v) is 11.2. The molecule has 0 saturated carbocycles. The quantitative estimate of drug-likeness (QED) is 0.247. The number of rotatable bonds is 8. The number of amides is 1. The summed E-state index contributed by atoms with van der Waals surface area (Å²) >= 11 is 0. The second-order valence-electron chi connectivity index (χ2n) is 11.2. The number of carbonyl (C=O) groups excluding carboxylic acids is 1. The summed E-state index contributed by atoms with van der Waals surface area (Å²) in [5.41, 5.74) is 3.47. The van der Waals surface area contributed by atoms with Crippen molar-refractivity contribution in [1.82, 2.24) is 15.1 Å². The number of halogens is 2. The van der Waals surface area contributed by atoms with Crippen molar-refractivity contribution in [3.05, 3.63) is 77.4 Å². The summed E-state index contributed by atoms with van der Waals surface area (Å²) in [5.74, 6) is -0.788. The molecule has 4 aromatic rings. The van der Waals surface area contributed by atoms with Gasteiger partial charge in [-0.25, -0.2) is 8.78 Å². The van der Waals surface area contributed by atoms with Crippen LogP contribution >= 0.6 is 0 Å². The van der Waals surface area contributed by atoms with Crippen LogP contribution in [-0.2, 0) is 4.74 Å². The van der Waals surface area contributed by atoms with Crippen molar-refractivity contribution in [2.45, 2.75) is 31.9 Å². The first-order chi connectivity index (χ1) is 20.8. The molecule has 3 N–H and O–H groups in total. The van der Waals surface area contributed by atoms with Crippen molar-refractivity contribution in [2.24, 2.45) is 0 Å². The molecule has 0 spiro atoms. The summed E-state index contributed by atoms with van der Waals surface area (Å²) in [6, 6.07) is 14.7. The molecular weight excluding hydrogens is 554 g/mol. The van der Waals surface area contributed by atoms with E-state index in [0.717, 1.165) is 56.5 Å². The van der Waals surface area contributed by atoms with Gasteiger partial charge in [-0.3, -0.25) is 9.89 Å². The van der Waals surface area contributed by atoms with Crippen LogP contribution in [0.5, 0.6) is 5.75 Å². The first-order valence-corrected chi connectivity index (χ1v) is 14.7. The van der Waals surface area contributed by atoms with Crippen LogP contribution in [-0.4, -0.2) is 73.5 Å². The molecule has 1 aromatic heterocycles. The lowest BCUT2D eigenvalue weighted by Gasteiger charge is -2.34. The van der Waals surface area contributed by atoms with Gasteiger partial charge in [0.05, 0.1) is 11.1 Å². The molecule has 3 heterocycles. The van der Waals surface area contributed by atoms with Gasteiger partial charge in [0, 0.05) is 68.3 Å². The predicted molar refractivity (Wildman–Crippen MR) is 163 cm³/mol. The Balaban J connectivity index is 1.23. The van der Waals surface area contributed by atoms with Gasteiger partial charge in [-0.1, -0.05) is 0 Å². The van der Waals surface area contributed by atoms with E-state index in [1.807, 2.05) is 12.1 Å². The summed E-state index contributed by atoms with van der Waals surface area (Å²) in [6.07, 6.45) is 1.13. The third kappa shape index (κ3) is 6.73. The average molecular weight is 591 g/mol. The zero-order valence-corrected chi connectivity index (χ0v) is 24.3. The molecule has 43 heavy (non-hydrogen) atoms. The van der Waals surface area contributed by atoms with E-state index in [1.54, 1.807) is 25.1 Å². The van der Waals surface area contributed by atoms with Crippen LogP contribution in [0.1, 0.15) is 41.8 Å². The van der Waals surface area contributed by atoms with Crippen molar-refractivity contribution in [1.29, 1.82) is 0 Å². The van der Waals surface area contributed by atoms with Gasteiger partial charge in [0.15, 0.2) is 5.82 Å². The molecule has 0 bridgehead atoms. The number of nitrogens with one attached hydrogen (secondary N) is 3. The number of likely N-dealkylation sites (N-methyl/N-ethyl adjacent to an activating group) is 1. The molecule has 226 valence electrons. The summed E-state index contributed by atoms with van der Waals surface area (Å²) in [5, 5.41) is 14.5. The maximum atomic E-state index is 13.7. The molecule has 6 rings (SSSR count). The highest BCUT2D eigenvalue weighted by atomic mass is 19.1. The van der Waals surface area contributed by atoms with Crippen molar-refractivity contribution >= 4 is 34.0 Å². The molecule has 0 aliphatic carbocycles. The fourth-order valence-corrected chi connectivity index (χ4v) is 5.59. The van der Waals surface area contributed by atoms with E-state index in [-0.39, 0.29) is 11.9 Å². The Hall–Kier alpha value is -4.22. The number of aromatic nitrogens is 2. The van der Waals surface area contributed by atoms with Gasteiger partial charge < -0.3 is 29.9 Å². The number of hydrogen-bond donors (Lipinski definition) is 3. The largest absolute Gasteiger partial charge is 0.486 e. The SMILES string of the molecule is C[C@@H](Oc1ccc2[nH]nc(NC(=O)c3ccc(N4CCN(C)CC4)cc3NC3CCOCC3)c2c1)c1cc(F)cc(F)c1. The number of fused-ring (bicyclic) bond motifs is 1. The summed E-state index contributed by atoms with van der Waals surface area (Å²) < 4.78 is 39.0. The smallest absolute Gasteiger partial charge is 0.258 e. The number of benzene rings is 3. The van der Waals surface area contributed by atoms with E-state index in [1.165, 1.54) is 12.1 Å². The minimum absolute atomic E-state index is 0.211. The molecule has 9 nitrogen and oxygen atoms in total. The van der Waals surface area contributed by atoms with Gasteiger partial charge in [0.1, 0.15) is 23.5 Å². The summed E-state index contributed by atoms with van der Waals surface area (Å²) in [7, 11) is 2.13. The van der Waals surface area contributed by atoms with Crippen molar-refractivity contribution in [3.63, 3.8) is 0 Å². The van der Waals surface area contributed by atoms with Crippen LogP contribution in [0.4, 0.5) is 26.0 Å². The highest BCUT2D eigenvalue weighted by Gasteiger charge is 2.22. The molecule has 11 heteroatoms. The first kappa shape index (κ1) is 28.9. The predicted octanol–water partition coefficient (Wildman–Crippen LogP) is 5.58. The minimum Gasteiger partial charge on any atom is -0.486 e.